The molecule has 26 heteroatoms. The van der Waals surface area contributed by atoms with Crippen molar-refractivity contribution in [3.63, 3.8) is 0 Å². The number of aliphatic hydroxyl groups excluding tert-OH is 16. The maximum Gasteiger partial charge on any atom is 0.187 e. The molecule has 5 aliphatic rings. The summed E-state index contributed by atoms with van der Waals surface area (Å²) in [5, 5.41) is 166. The fourth-order valence-corrected chi connectivity index (χ4v) is 6.96. The highest BCUT2D eigenvalue weighted by Gasteiger charge is 2.55. The third kappa shape index (κ3) is 9.31. The van der Waals surface area contributed by atoms with Gasteiger partial charge in [-0.1, -0.05) is 0 Å². The van der Waals surface area contributed by atoms with Crippen molar-refractivity contribution in [2.45, 2.75) is 153 Å². The third-order valence-electron chi connectivity index (χ3n) is 10.4. The molecule has 5 aliphatic heterocycles. The lowest BCUT2D eigenvalue weighted by molar-refractivity contribution is -0.382. The van der Waals surface area contributed by atoms with Crippen LogP contribution in [0.2, 0.25) is 0 Å². The van der Waals surface area contributed by atoms with Crippen LogP contribution in [0.1, 0.15) is 0 Å². The molecular formula is C30H53NO25. The molecule has 0 amide bonds. The van der Waals surface area contributed by atoms with Crippen LogP contribution in [0, 0.1) is 0 Å². The van der Waals surface area contributed by atoms with Gasteiger partial charge in [-0.15, -0.1) is 0 Å². The lowest BCUT2D eigenvalue weighted by atomic mass is 9.96. The minimum Gasteiger partial charge on any atom is -0.394 e. The van der Waals surface area contributed by atoms with Gasteiger partial charge in [0.2, 0.25) is 0 Å². The normalized spacial score (nSPS) is 52.2. The van der Waals surface area contributed by atoms with Crippen LogP contribution in [0.5, 0.6) is 0 Å². The van der Waals surface area contributed by atoms with Crippen molar-refractivity contribution in [3.05, 3.63) is 0 Å². The minimum absolute atomic E-state index is 0.800. The Morgan fingerprint density at radius 3 is 1.57 bits per heavy atom. The average Bonchev–Trinajstić information content (AvgIpc) is 3.47. The first-order chi connectivity index (χ1) is 26.5. The van der Waals surface area contributed by atoms with Crippen molar-refractivity contribution < 1.29 is 124 Å². The molecular weight excluding hydrogens is 774 g/mol. The smallest absolute Gasteiger partial charge is 0.187 e. The minimum atomic E-state index is -2.09. The highest BCUT2D eigenvalue weighted by atomic mass is 16.8. The molecule has 26 nitrogen and oxygen atoms in total. The molecule has 18 N–H and O–H groups in total. The summed E-state index contributed by atoms with van der Waals surface area (Å²) in [7, 11) is 0. The number of nitrogens with two attached hydrogens (primary N) is 1. The lowest BCUT2D eigenvalue weighted by Crippen LogP contribution is -2.66. The largest absolute Gasteiger partial charge is 0.394 e. The zero-order valence-corrected chi connectivity index (χ0v) is 29.4. The van der Waals surface area contributed by atoms with Crippen molar-refractivity contribution in [2.75, 3.05) is 33.0 Å². The van der Waals surface area contributed by atoms with Gasteiger partial charge in [0.05, 0.1) is 39.1 Å². The van der Waals surface area contributed by atoms with E-state index in [0.29, 0.717) is 0 Å². The van der Waals surface area contributed by atoms with E-state index in [2.05, 4.69) is 0 Å². The van der Waals surface area contributed by atoms with Crippen LogP contribution in [0.3, 0.4) is 0 Å². The van der Waals surface area contributed by atoms with E-state index in [1.54, 1.807) is 0 Å². The van der Waals surface area contributed by atoms with Crippen LogP contribution in [0.4, 0.5) is 0 Å². The predicted octanol–water partition coefficient (Wildman–Crippen LogP) is -12.0. The summed E-state index contributed by atoms with van der Waals surface area (Å²) in [6.07, 6.45) is -43.0. The second-order valence-corrected chi connectivity index (χ2v) is 14.1. The van der Waals surface area contributed by atoms with Gasteiger partial charge in [-0.05, 0) is 0 Å². The Balaban J connectivity index is 1.31. The van der Waals surface area contributed by atoms with Gasteiger partial charge in [-0.2, -0.15) is 0 Å². The molecule has 0 radical (unpaired) electrons. The zero-order valence-electron chi connectivity index (χ0n) is 29.4. The van der Waals surface area contributed by atoms with Gasteiger partial charge in [0.1, 0.15) is 116 Å². The van der Waals surface area contributed by atoms with E-state index in [-0.39, 0.29) is 0 Å². The van der Waals surface area contributed by atoms with Gasteiger partial charge >= 0.3 is 0 Å². The van der Waals surface area contributed by atoms with Crippen LogP contribution in [-0.2, 0) is 42.6 Å². The second kappa shape index (κ2) is 19.6. The molecule has 5 saturated heterocycles. The summed E-state index contributed by atoms with van der Waals surface area (Å²) in [5.74, 6) is 0. The van der Waals surface area contributed by atoms with Gasteiger partial charge in [0.15, 0.2) is 31.5 Å². The molecule has 0 aliphatic carbocycles. The van der Waals surface area contributed by atoms with Gasteiger partial charge < -0.3 is 130 Å². The summed E-state index contributed by atoms with van der Waals surface area (Å²) in [5.41, 5.74) is 5.73. The van der Waals surface area contributed by atoms with E-state index in [1.807, 2.05) is 0 Å². The summed E-state index contributed by atoms with van der Waals surface area (Å²) in [6.45, 7) is -4.30. The van der Waals surface area contributed by atoms with Gasteiger partial charge in [-0.3, -0.25) is 0 Å². The summed E-state index contributed by atoms with van der Waals surface area (Å²) < 4.78 is 49.7. The lowest BCUT2D eigenvalue weighted by Gasteiger charge is -2.47. The Labute approximate surface area is 316 Å². The molecule has 328 valence electrons. The van der Waals surface area contributed by atoms with Gasteiger partial charge in [0.25, 0.3) is 0 Å². The number of aliphatic hydroxyl groups is 16. The van der Waals surface area contributed by atoms with E-state index in [0.717, 1.165) is 0 Å². The van der Waals surface area contributed by atoms with E-state index < -0.39 is 187 Å². The van der Waals surface area contributed by atoms with E-state index >= 15 is 0 Å². The molecule has 5 fully saturated rings. The highest BCUT2D eigenvalue weighted by Crippen LogP contribution is 2.35. The fourth-order valence-electron chi connectivity index (χ4n) is 6.96. The van der Waals surface area contributed by atoms with Gasteiger partial charge in [-0.25, -0.2) is 0 Å². The van der Waals surface area contributed by atoms with E-state index in [9.17, 15) is 81.7 Å². The molecule has 25 atom stereocenters. The monoisotopic (exact) mass is 827 g/mol. The number of hydrogen-bond acceptors (Lipinski definition) is 26. The van der Waals surface area contributed by atoms with Crippen molar-refractivity contribution in [2.24, 2.45) is 5.73 Å². The molecule has 0 saturated carbocycles. The summed E-state index contributed by atoms with van der Waals surface area (Å²) in [6, 6.07) is -1.43. The van der Waals surface area contributed by atoms with Crippen molar-refractivity contribution >= 4 is 0 Å². The predicted molar refractivity (Wildman–Crippen MR) is 168 cm³/mol. The summed E-state index contributed by atoms with van der Waals surface area (Å²) >= 11 is 0. The maximum absolute atomic E-state index is 11.2. The van der Waals surface area contributed by atoms with E-state index in [1.165, 1.54) is 0 Å². The SMILES string of the molecule is N[C@@H]1[C@@H](O)[C@H](O[C@H]2O[C@H](CO[C@H]3O[C@H](CO)[C@@H](O)[C@H](O)[C@@H]3O[C@H]3O[C@H](CO)[C@@H](O)[C@H](O[C@@H]4O[C@@H]([C@H](O)CO)[C@H](O)[C@H]4O)[C@@H]3O)[C@@H](O)[C@H](O)[C@@H]2O)[C@@H](CO)O[C@@H]1O. The Morgan fingerprint density at radius 1 is 0.446 bits per heavy atom. The average molecular weight is 828 g/mol. The quantitative estimate of drug-likeness (QED) is 0.0773. The van der Waals surface area contributed by atoms with Crippen LogP contribution in [-0.4, -0.2) is 268 Å². The number of ether oxygens (including phenoxy) is 9. The molecule has 0 aromatic rings. The van der Waals surface area contributed by atoms with Crippen molar-refractivity contribution in [1.29, 1.82) is 0 Å². The molecule has 56 heavy (non-hydrogen) atoms. The molecule has 0 spiro atoms. The molecule has 5 rings (SSSR count). The molecule has 0 bridgehead atoms. The number of rotatable bonds is 14. The third-order valence-corrected chi connectivity index (χ3v) is 10.4. The van der Waals surface area contributed by atoms with Crippen LogP contribution in [0.25, 0.3) is 0 Å². The fraction of sp³-hybridized carbons (Fsp3) is 1.00. The zero-order chi connectivity index (χ0) is 41.3. The molecule has 5 heterocycles. The standard InChI is InChI=1S/C30H53NO25/c31-11-15(40)23(9(4-35)49-26(11)47)54-27-19(44)16(41)13(38)10(52-27)5-48-30-25(17(42)12(37)7(2-33)51-30)56-29-21(46)24(14(39)8(3-34)50-29)55-28-20(45)18(43)22(53-28)6(36)1-32/h6-30,32-47H,1-5,31H2/t6-,7-,8-,9-,10-,11-,12-,13-,14-,15-,16+,17+,18-,19+,20-,21+,22+,23-,24+,25+,26+,27-,28+,29-,30+/m1/s1. The van der Waals surface area contributed by atoms with E-state index in [4.69, 9.17) is 48.4 Å². The molecule has 0 unspecified atom stereocenters. The van der Waals surface area contributed by atoms with Crippen molar-refractivity contribution in [1.82, 2.24) is 0 Å². The molecule has 0 aromatic carbocycles. The first kappa shape index (κ1) is 46.0. The Morgan fingerprint density at radius 2 is 0.946 bits per heavy atom. The van der Waals surface area contributed by atoms with Crippen LogP contribution < -0.4 is 5.73 Å². The van der Waals surface area contributed by atoms with Crippen LogP contribution >= 0.6 is 0 Å². The topological polar surface area (TPSA) is 433 Å². The van der Waals surface area contributed by atoms with Crippen molar-refractivity contribution in [3.8, 4) is 0 Å². The first-order valence-electron chi connectivity index (χ1n) is 17.7. The maximum atomic E-state index is 11.2. The second-order valence-electron chi connectivity index (χ2n) is 14.1. The number of hydrogen-bond donors (Lipinski definition) is 17. The van der Waals surface area contributed by atoms with Crippen LogP contribution in [0.15, 0.2) is 0 Å². The Kier molecular flexibility index (Phi) is 16.1. The van der Waals surface area contributed by atoms with Gasteiger partial charge in [0, 0.05) is 0 Å². The Bertz CT molecular complexity index is 1210. The summed E-state index contributed by atoms with van der Waals surface area (Å²) in [4.78, 5) is 0. The Hall–Kier alpha value is -1.04. The first-order valence-corrected chi connectivity index (χ1v) is 17.7. The molecule has 0 aromatic heterocycles. The highest BCUT2D eigenvalue weighted by molar-refractivity contribution is 4.98.